The average Bonchev–Trinajstić information content (AvgIpc) is 2.95. The van der Waals surface area contributed by atoms with Gasteiger partial charge >= 0.3 is 0 Å². The van der Waals surface area contributed by atoms with Crippen molar-refractivity contribution < 1.29 is 14.2 Å². The molecule has 238 valence electrons. The molecule has 0 saturated carbocycles. The summed E-state index contributed by atoms with van der Waals surface area (Å²) in [6.07, 6.45) is 3.32. The fraction of sp³-hybridized carbons (Fsp3) is 0.351. The Balaban J connectivity index is 0.000000233. The summed E-state index contributed by atoms with van der Waals surface area (Å²) in [7, 11) is 0. The molecular formula is C37H44Br3ClO3. The lowest BCUT2D eigenvalue weighted by Gasteiger charge is -2.11. The quantitative estimate of drug-likeness (QED) is 0.149. The van der Waals surface area contributed by atoms with Crippen molar-refractivity contribution in [2.24, 2.45) is 0 Å². The normalized spacial score (nSPS) is 10.2. The van der Waals surface area contributed by atoms with Crippen LogP contribution >= 0.6 is 59.4 Å². The van der Waals surface area contributed by atoms with Gasteiger partial charge in [-0.1, -0.05) is 68.3 Å². The van der Waals surface area contributed by atoms with Crippen molar-refractivity contribution in [1.29, 1.82) is 0 Å². The lowest BCUT2D eigenvalue weighted by Crippen LogP contribution is -1.99. The maximum Gasteiger partial charge on any atom is 0.136 e. The number of para-hydroxylation sites is 1. The summed E-state index contributed by atoms with van der Waals surface area (Å²) in [6.45, 7) is 16.8. The van der Waals surface area contributed by atoms with Crippen LogP contribution in [-0.2, 0) is 6.61 Å². The minimum Gasteiger partial charge on any atom is -0.492 e. The van der Waals surface area contributed by atoms with Crippen LogP contribution in [0, 0.1) is 34.6 Å². The van der Waals surface area contributed by atoms with Gasteiger partial charge in [-0.25, -0.2) is 0 Å². The summed E-state index contributed by atoms with van der Waals surface area (Å²) >= 11 is 16.3. The maximum absolute atomic E-state index is 5.83. The van der Waals surface area contributed by atoms with Gasteiger partial charge < -0.3 is 14.2 Å². The fourth-order valence-electron chi connectivity index (χ4n) is 4.23. The van der Waals surface area contributed by atoms with Crippen LogP contribution < -0.4 is 14.2 Å². The zero-order valence-corrected chi connectivity index (χ0v) is 32.3. The van der Waals surface area contributed by atoms with Crippen LogP contribution in [0.15, 0.2) is 80.1 Å². The Bertz CT molecular complexity index is 1390. The second kappa shape index (κ2) is 20.2. The van der Waals surface area contributed by atoms with Crippen molar-refractivity contribution in [3.63, 3.8) is 0 Å². The number of aryl methyl sites for hydroxylation is 5. The van der Waals surface area contributed by atoms with Crippen molar-refractivity contribution in [1.82, 2.24) is 0 Å². The Hall–Kier alpha value is -1.99. The number of ether oxygens (including phenoxy) is 3. The van der Waals surface area contributed by atoms with E-state index >= 15 is 0 Å². The molecule has 0 saturated heterocycles. The van der Waals surface area contributed by atoms with Gasteiger partial charge in [-0.2, -0.15) is 0 Å². The summed E-state index contributed by atoms with van der Waals surface area (Å²) in [5, 5.41) is 0.742. The van der Waals surface area contributed by atoms with Crippen LogP contribution in [0.3, 0.4) is 0 Å². The van der Waals surface area contributed by atoms with Gasteiger partial charge in [-0.15, -0.1) is 0 Å². The Morgan fingerprint density at radius 3 is 1.57 bits per heavy atom. The van der Waals surface area contributed by atoms with Gasteiger partial charge in [0.15, 0.2) is 0 Å². The number of unbranched alkanes of at least 4 members (excludes halogenated alkanes) is 1. The standard InChI is InChI=1S/C14H12BrClO.C12H17BrO.C11H15BrO/c1-10-3-2-4-13(15)14(10)17-9-11-5-7-12(16)8-6-11;1-4-5-6-14-12-10(3)7-9(2)8-11(12)13;1-4-5-13-11-9(3)6-8(2)7-10(11)12/h2-8H,9H2,1H3;7-8H,4-6H2,1-3H3;6-7H,4-5H2,1-3H3. The van der Waals surface area contributed by atoms with E-state index in [0.29, 0.717) is 6.61 Å². The van der Waals surface area contributed by atoms with E-state index in [-0.39, 0.29) is 0 Å². The summed E-state index contributed by atoms with van der Waals surface area (Å²) in [5.41, 5.74) is 7.14. The number of benzene rings is 4. The van der Waals surface area contributed by atoms with Crippen molar-refractivity contribution >= 4 is 59.4 Å². The Morgan fingerprint density at radius 2 is 1.09 bits per heavy atom. The molecule has 3 nitrogen and oxygen atoms in total. The van der Waals surface area contributed by atoms with Gasteiger partial charge in [-0.05, 0) is 159 Å². The molecule has 0 aliphatic rings. The van der Waals surface area contributed by atoms with Crippen molar-refractivity contribution in [2.45, 2.75) is 74.3 Å². The third kappa shape index (κ3) is 13.2. The van der Waals surface area contributed by atoms with E-state index in [9.17, 15) is 0 Å². The van der Waals surface area contributed by atoms with Crippen molar-refractivity contribution in [2.75, 3.05) is 13.2 Å². The van der Waals surface area contributed by atoms with E-state index < -0.39 is 0 Å². The first-order valence-corrected chi connectivity index (χ1v) is 17.6. The monoisotopic (exact) mass is 808 g/mol. The predicted octanol–water partition coefficient (Wildman–Crippen LogP) is 13.1. The van der Waals surface area contributed by atoms with Crippen LogP contribution in [0.5, 0.6) is 17.2 Å². The largest absolute Gasteiger partial charge is 0.492 e. The summed E-state index contributed by atoms with van der Waals surface area (Å²) in [6, 6.07) is 22.1. The highest BCUT2D eigenvalue weighted by atomic mass is 79.9. The third-order valence-electron chi connectivity index (χ3n) is 6.40. The molecular weight excluding hydrogens is 768 g/mol. The van der Waals surface area contributed by atoms with E-state index in [1.165, 1.54) is 28.7 Å². The molecule has 4 aromatic rings. The van der Waals surface area contributed by atoms with E-state index in [4.69, 9.17) is 25.8 Å². The molecule has 4 aromatic carbocycles. The highest BCUT2D eigenvalue weighted by Crippen LogP contribution is 2.31. The molecule has 0 bridgehead atoms. The highest BCUT2D eigenvalue weighted by molar-refractivity contribution is 9.11. The topological polar surface area (TPSA) is 27.7 Å². The van der Waals surface area contributed by atoms with Crippen molar-refractivity contribution in [3.05, 3.63) is 119 Å². The van der Waals surface area contributed by atoms with Crippen molar-refractivity contribution in [3.8, 4) is 17.2 Å². The molecule has 0 amide bonds. The second-order valence-electron chi connectivity index (χ2n) is 10.6. The molecule has 0 fully saturated rings. The van der Waals surface area contributed by atoms with Gasteiger partial charge in [-0.3, -0.25) is 0 Å². The van der Waals surface area contributed by atoms with E-state index in [0.717, 1.165) is 72.9 Å². The Labute approximate surface area is 295 Å². The molecule has 7 heteroatoms. The van der Waals surface area contributed by atoms with Gasteiger partial charge in [0.2, 0.25) is 0 Å². The molecule has 0 atom stereocenters. The third-order valence-corrected chi connectivity index (χ3v) is 8.46. The zero-order valence-electron chi connectivity index (χ0n) is 26.8. The van der Waals surface area contributed by atoms with Crippen LogP contribution in [0.4, 0.5) is 0 Å². The first-order chi connectivity index (χ1) is 21.0. The van der Waals surface area contributed by atoms with Crippen LogP contribution in [0.2, 0.25) is 5.02 Å². The SMILES string of the molecule is CCCCOc1c(C)cc(C)cc1Br.CCCOc1c(C)cc(C)cc1Br.Cc1cccc(Br)c1OCc1ccc(Cl)cc1. The average molecular weight is 812 g/mol. The minimum atomic E-state index is 0.542. The maximum atomic E-state index is 5.83. The second-order valence-corrected chi connectivity index (χ2v) is 13.6. The highest BCUT2D eigenvalue weighted by Gasteiger charge is 2.07. The molecule has 0 spiro atoms. The predicted molar refractivity (Wildman–Crippen MR) is 198 cm³/mol. The number of hydrogen-bond acceptors (Lipinski definition) is 3. The van der Waals surface area contributed by atoms with Gasteiger partial charge in [0.25, 0.3) is 0 Å². The first kappa shape index (κ1) is 38.2. The van der Waals surface area contributed by atoms with Gasteiger partial charge in [0.05, 0.1) is 26.6 Å². The summed E-state index contributed by atoms with van der Waals surface area (Å²) in [5.74, 6) is 2.86. The zero-order chi connectivity index (χ0) is 32.6. The molecule has 4 rings (SSSR count). The lowest BCUT2D eigenvalue weighted by molar-refractivity contribution is 0.302. The van der Waals surface area contributed by atoms with Crippen LogP contribution in [0.25, 0.3) is 0 Å². The molecule has 0 N–H and O–H groups in total. The van der Waals surface area contributed by atoms with E-state index in [1.54, 1.807) is 0 Å². The van der Waals surface area contributed by atoms with Crippen LogP contribution in [0.1, 0.15) is 66.5 Å². The summed E-state index contributed by atoms with van der Waals surface area (Å²) < 4.78 is 20.2. The lowest BCUT2D eigenvalue weighted by atomic mass is 10.1. The minimum absolute atomic E-state index is 0.542. The first-order valence-electron chi connectivity index (χ1n) is 14.9. The van der Waals surface area contributed by atoms with Gasteiger partial charge in [0, 0.05) is 5.02 Å². The van der Waals surface area contributed by atoms with E-state index in [1.807, 2.05) is 49.4 Å². The fourth-order valence-corrected chi connectivity index (χ4v) is 6.51. The molecule has 0 aliphatic carbocycles. The summed E-state index contributed by atoms with van der Waals surface area (Å²) in [4.78, 5) is 0. The molecule has 44 heavy (non-hydrogen) atoms. The Kier molecular flexibility index (Phi) is 17.5. The molecule has 0 radical (unpaired) electrons. The molecule has 0 heterocycles. The molecule has 0 aliphatic heterocycles. The van der Waals surface area contributed by atoms with Gasteiger partial charge in [0.1, 0.15) is 23.9 Å². The molecule has 0 unspecified atom stereocenters. The molecule has 0 aromatic heterocycles. The van der Waals surface area contributed by atoms with E-state index in [2.05, 4.69) is 114 Å². The van der Waals surface area contributed by atoms with Crippen LogP contribution in [-0.4, -0.2) is 13.2 Å². The number of halogens is 4. The smallest absolute Gasteiger partial charge is 0.136 e. The Morgan fingerprint density at radius 1 is 0.568 bits per heavy atom. The number of rotatable bonds is 10. The number of hydrogen-bond donors (Lipinski definition) is 0.